The molecule has 0 bridgehead atoms. The van der Waals surface area contributed by atoms with E-state index in [1.54, 1.807) is 4.90 Å². The van der Waals surface area contributed by atoms with E-state index in [9.17, 15) is 5.26 Å². The van der Waals surface area contributed by atoms with Gasteiger partial charge in [-0.25, -0.2) is 0 Å². The van der Waals surface area contributed by atoms with Crippen LogP contribution in [-0.2, 0) is 6.42 Å². The summed E-state index contributed by atoms with van der Waals surface area (Å²) < 4.78 is 0. The molecular formula is C17H25N2+. The van der Waals surface area contributed by atoms with Crippen molar-refractivity contribution in [3.8, 4) is 6.07 Å². The molecule has 1 aromatic rings. The van der Waals surface area contributed by atoms with Gasteiger partial charge in [-0.2, -0.15) is 5.26 Å². The van der Waals surface area contributed by atoms with Gasteiger partial charge in [0.2, 0.25) is 0 Å². The lowest BCUT2D eigenvalue weighted by Gasteiger charge is -2.46. The van der Waals surface area contributed by atoms with Crippen molar-refractivity contribution in [1.29, 1.82) is 5.26 Å². The lowest BCUT2D eigenvalue weighted by atomic mass is 9.64. The summed E-state index contributed by atoms with van der Waals surface area (Å²) in [6, 6.07) is 13.8. The second kappa shape index (κ2) is 5.75. The molecule has 1 aliphatic rings. The van der Waals surface area contributed by atoms with Gasteiger partial charge in [0, 0.05) is 24.2 Å². The molecule has 1 aliphatic heterocycles. The predicted octanol–water partition coefficient (Wildman–Crippen LogP) is 2.07. The Kier molecular flexibility index (Phi) is 4.27. The lowest BCUT2D eigenvalue weighted by molar-refractivity contribution is -0.916. The third-order valence-electron chi connectivity index (χ3n) is 5.06. The van der Waals surface area contributed by atoms with Gasteiger partial charge in [0.25, 0.3) is 0 Å². The summed E-state index contributed by atoms with van der Waals surface area (Å²) in [5.74, 6) is 0.601. The van der Waals surface area contributed by atoms with Crippen LogP contribution in [0.4, 0.5) is 0 Å². The van der Waals surface area contributed by atoms with Gasteiger partial charge < -0.3 is 4.90 Å². The van der Waals surface area contributed by atoms with Crippen LogP contribution in [0.5, 0.6) is 0 Å². The van der Waals surface area contributed by atoms with Gasteiger partial charge in [-0.3, -0.25) is 0 Å². The van der Waals surface area contributed by atoms with Crippen molar-refractivity contribution in [1.82, 2.24) is 0 Å². The van der Waals surface area contributed by atoms with Gasteiger partial charge in [-0.1, -0.05) is 37.3 Å². The molecule has 0 spiro atoms. The molecule has 0 radical (unpaired) electrons. The van der Waals surface area contributed by atoms with Crippen molar-refractivity contribution in [3.63, 3.8) is 0 Å². The minimum Gasteiger partial charge on any atom is -0.335 e. The zero-order valence-electron chi connectivity index (χ0n) is 12.3. The summed E-state index contributed by atoms with van der Waals surface area (Å²) in [7, 11) is 2.28. The number of nitriles is 1. The number of benzene rings is 1. The second-order valence-electron chi connectivity index (χ2n) is 6.42. The molecule has 2 heteroatoms. The average molecular weight is 257 g/mol. The van der Waals surface area contributed by atoms with Gasteiger partial charge in [0.1, 0.15) is 0 Å². The Balaban J connectivity index is 2.25. The van der Waals surface area contributed by atoms with E-state index < -0.39 is 0 Å². The second-order valence-corrected chi connectivity index (χ2v) is 6.42. The molecule has 4 atom stereocenters. The van der Waals surface area contributed by atoms with Crippen LogP contribution in [0.2, 0.25) is 0 Å². The van der Waals surface area contributed by atoms with Gasteiger partial charge >= 0.3 is 0 Å². The summed E-state index contributed by atoms with van der Waals surface area (Å²) in [5, 5.41) is 9.27. The van der Waals surface area contributed by atoms with Gasteiger partial charge in [-0.05, 0) is 18.9 Å². The van der Waals surface area contributed by atoms with Crippen LogP contribution in [0.3, 0.4) is 0 Å². The molecule has 19 heavy (non-hydrogen) atoms. The number of nitrogens with zero attached hydrogens (tertiary/aromatic N) is 1. The zero-order chi connectivity index (χ0) is 13.9. The van der Waals surface area contributed by atoms with Crippen LogP contribution in [-0.4, -0.2) is 19.6 Å². The van der Waals surface area contributed by atoms with Crippen LogP contribution >= 0.6 is 0 Å². The number of hydrogen-bond acceptors (Lipinski definition) is 1. The number of hydrogen-bond donors (Lipinski definition) is 1. The fourth-order valence-corrected chi connectivity index (χ4v) is 3.60. The highest BCUT2D eigenvalue weighted by Crippen LogP contribution is 2.40. The van der Waals surface area contributed by atoms with E-state index in [4.69, 9.17) is 0 Å². The van der Waals surface area contributed by atoms with Crippen LogP contribution in [0.1, 0.15) is 32.3 Å². The first-order valence-electron chi connectivity index (χ1n) is 7.30. The van der Waals surface area contributed by atoms with Crippen molar-refractivity contribution in [2.45, 2.75) is 39.2 Å². The molecule has 1 unspecified atom stereocenters. The first kappa shape index (κ1) is 14.1. The molecule has 1 heterocycles. The van der Waals surface area contributed by atoms with Crippen LogP contribution in [0, 0.1) is 22.7 Å². The zero-order valence-corrected chi connectivity index (χ0v) is 12.3. The van der Waals surface area contributed by atoms with Gasteiger partial charge in [-0.15, -0.1) is 0 Å². The Hall–Kier alpha value is -1.33. The molecule has 1 N–H and O–H groups in total. The number of piperidine rings is 1. The topological polar surface area (TPSA) is 28.2 Å². The maximum Gasteiger partial charge on any atom is 0.0850 e. The highest BCUT2D eigenvalue weighted by Gasteiger charge is 2.44. The first-order chi connectivity index (χ1) is 9.07. The average Bonchev–Trinajstić information content (AvgIpc) is 2.38. The van der Waals surface area contributed by atoms with E-state index >= 15 is 0 Å². The van der Waals surface area contributed by atoms with Crippen LogP contribution in [0.25, 0.3) is 0 Å². The fraction of sp³-hybridized carbons (Fsp3) is 0.588. The van der Waals surface area contributed by atoms with Crippen molar-refractivity contribution in [2.24, 2.45) is 11.3 Å². The summed E-state index contributed by atoms with van der Waals surface area (Å²) >= 11 is 0. The van der Waals surface area contributed by atoms with E-state index in [1.165, 1.54) is 12.1 Å². The number of likely N-dealkylation sites (tertiary alicyclic amines) is 1. The smallest absolute Gasteiger partial charge is 0.0850 e. The molecule has 0 aromatic heterocycles. The normalized spacial score (nSPS) is 34.7. The van der Waals surface area contributed by atoms with Gasteiger partial charge in [0.15, 0.2) is 0 Å². The molecule has 1 saturated heterocycles. The quantitative estimate of drug-likeness (QED) is 0.882. The van der Waals surface area contributed by atoms with Crippen LogP contribution in [0.15, 0.2) is 30.3 Å². The monoisotopic (exact) mass is 257 g/mol. The summed E-state index contributed by atoms with van der Waals surface area (Å²) in [6.45, 7) is 5.82. The highest BCUT2D eigenvalue weighted by molar-refractivity contribution is 5.18. The molecule has 0 amide bonds. The standard InChI is InChI=1S/C17H24N2/c1-14-13-19(3)15(2)11-17(14,9-10-18)12-16-7-5-4-6-8-16/h4-8,14-15H,9,11-13H2,1-3H3/p+1/t14-,15+,17-/m1/s1. The largest absolute Gasteiger partial charge is 0.335 e. The predicted molar refractivity (Wildman–Crippen MR) is 77.8 cm³/mol. The number of quaternary nitrogens is 1. The van der Waals surface area contributed by atoms with Crippen LogP contribution < -0.4 is 4.90 Å². The Morgan fingerprint density at radius 1 is 1.32 bits per heavy atom. The SMILES string of the molecule is C[C@@H]1C[NH+](C)[C@@H](C)C[C@]1(CC#N)Cc1ccccc1. The van der Waals surface area contributed by atoms with Gasteiger partial charge in [0.05, 0.1) is 25.7 Å². The Morgan fingerprint density at radius 2 is 2.00 bits per heavy atom. The first-order valence-corrected chi connectivity index (χ1v) is 7.30. The Morgan fingerprint density at radius 3 is 2.63 bits per heavy atom. The van der Waals surface area contributed by atoms with E-state index in [2.05, 4.69) is 57.3 Å². The van der Waals surface area contributed by atoms with Crippen molar-refractivity contribution >= 4 is 0 Å². The maximum atomic E-state index is 9.27. The summed E-state index contributed by atoms with van der Waals surface area (Å²) in [6.07, 6.45) is 2.88. The summed E-state index contributed by atoms with van der Waals surface area (Å²) in [5.41, 5.74) is 1.53. The Labute approximate surface area is 117 Å². The highest BCUT2D eigenvalue weighted by atomic mass is 15.1. The molecule has 2 nitrogen and oxygen atoms in total. The third-order valence-corrected chi connectivity index (χ3v) is 5.06. The van der Waals surface area contributed by atoms with E-state index in [0.717, 1.165) is 12.8 Å². The lowest BCUT2D eigenvalue weighted by Crippen LogP contribution is -3.15. The van der Waals surface area contributed by atoms with E-state index in [-0.39, 0.29) is 5.41 Å². The molecule has 2 rings (SSSR count). The minimum atomic E-state index is 0.162. The molecule has 0 saturated carbocycles. The molecule has 1 aromatic carbocycles. The third kappa shape index (κ3) is 2.98. The number of nitrogens with one attached hydrogen (secondary N) is 1. The summed E-state index contributed by atoms with van der Waals surface area (Å²) in [4.78, 5) is 1.61. The van der Waals surface area contributed by atoms with Crippen molar-refractivity contribution in [3.05, 3.63) is 35.9 Å². The molecule has 102 valence electrons. The molecule has 0 aliphatic carbocycles. The van der Waals surface area contributed by atoms with E-state index in [1.807, 2.05) is 0 Å². The number of rotatable bonds is 3. The Bertz CT molecular complexity index is 448. The van der Waals surface area contributed by atoms with Crippen molar-refractivity contribution < 1.29 is 4.90 Å². The van der Waals surface area contributed by atoms with E-state index in [0.29, 0.717) is 18.4 Å². The fourth-order valence-electron chi connectivity index (χ4n) is 3.60. The minimum absolute atomic E-state index is 0.162. The van der Waals surface area contributed by atoms with Crippen molar-refractivity contribution in [2.75, 3.05) is 13.6 Å². The maximum absolute atomic E-state index is 9.27. The molecular weight excluding hydrogens is 232 g/mol. The molecule has 1 fully saturated rings.